The first kappa shape index (κ1) is 38.4. The maximum atomic E-state index is 14.3. The van der Waals surface area contributed by atoms with Crippen LogP contribution in [0.1, 0.15) is 40.3 Å². The molecule has 0 fully saturated rings. The van der Waals surface area contributed by atoms with Gasteiger partial charge in [0.1, 0.15) is 12.4 Å². The number of pyridine rings is 1. The number of hydrogen-bond donors (Lipinski definition) is 5. The van der Waals surface area contributed by atoms with Gasteiger partial charge in [0.15, 0.2) is 0 Å². The van der Waals surface area contributed by atoms with Crippen LogP contribution in [0.25, 0.3) is 10.2 Å². The third-order valence-electron chi connectivity index (χ3n) is 9.21. The molecule has 1 unspecified atom stereocenters. The average molecular weight is 768 g/mol. The highest BCUT2D eigenvalue weighted by atomic mass is 32.3. The van der Waals surface area contributed by atoms with Gasteiger partial charge in [0.2, 0.25) is 5.91 Å². The highest BCUT2D eigenvalue weighted by molar-refractivity contribution is 8.22. The second kappa shape index (κ2) is 17.7. The predicted octanol–water partition coefficient (Wildman–Crippen LogP) is 6.81. The van der Waals surface area contributed by atoms with Gasteiger partial charge in [0, 0.05) is 36.1 Å². The van der Waals surface area contributed by atoms with E-state index in [-0.39, 0.29) is 13.0 Å². The highest BCUT2D eigenvalue weighted by Crippen LogP contribution is 2.54. The number of aromatic nitrogens is 4. The number of alkyl carbamates (subject to hydrolysis) is 1. The molecule has 6 rings (SSSR count). The van der Waals surface area contributed by atoms with Crippen molar-refractivity contribution in [3.63, 3.8) is 0 Å². The molecule has 5 N–H and O–H groups in total. The number of benzene rings is 3. The largest absolute Gasteiger partial charge is 0.453 e. The Balaban J connectivity index is 1.29. The van der Waals surface area contributed by atoms with Crippen LogP contribution >= 0.6 is 22.1 Å². The smallest absolute Gasteiger partial charge is 0.407 e. The summed E-state index contributed by atoms with van der Waals surface area (Å²) in [5, 5.41) is 16.6. The molecule has 0 bridgehead atoms. The quantitative estimate of drug-likeness (QED) is 0.0741. The van der Waals surface area contributed by atoms with Crippen molar-refractivity contribution < 1.29 is 28.5 Å². The van der Waals surface area contributed by atoms with Crippen molar-refractivity contribution in [3.05, 3.63) is 143 Å². The Morgan fingerprint density at radius 1 is 0.926 bits per heavy atom. The summed E-state index contributed by atoms with van der Waals surface area (Å²) in [7, 11) is -2.42. The van der Waals surface area contributed by atoms with E-state index in [1.54, 1.807) is 42.2 Å². The minimum Gasteiger partial charge on any atom is -0.453 e. The van der Waals surface area contributed by atoms with Crippen LogP contribution in [0.15, 0.2) is 120 Å². The van der Waals surface area contributed by atoms with Gasteiger partial charge in [-0.3, -0.25) is 18.9 Å². The van der Waals surface area contributed by atoms with Crippen molar-refractivity contribution in [1.82, 2.24) is 29.6 Å². The first-order valence-electron chi connectivity index (χ1n) is 17.1. The lowest BCUT2D eigenvalue weighted by atomic mass is 9.84. The summed E-state index contributed by atoms with van der Waals surface area (Å²) in [6, 6.07) is 23.9. The number of rotatable bonds is 15. The first-order chi connectivity index (χ1) is 26.2. The van der Waals surface area contributed by atoms with Gasteiger partial charge in [-0.1, -0.05) is 60.7 Å². The molecular weight excluding hydrogens is 727 g/mol. The van der Waals surface area contributed by atoms with Crippen molar-refractivity contribution in [1.29, 1.82) is 0 Å². The molecule has 0 saturated carbocycles. The topological polar surface area (TPSA) is 183 Å². The second-order valence-corrected chi connectivity index (χ2v) is 15.4. The Bertz CT molecular complexity index is 2130. The second-order valence-electron chi connectivity index (χ2n) is 12.5. The fraction of sp³-hybridized carbons (Fsp3) is 0.231. The molecule has 0 spiro atoms. The number of aliphatic hydroxyl groups excluding tert-OH is 1. The number of nitrogens with zero attached hydrogens (tertiary/aromatic N) is 5. The van der Waals surface area contributed by atoms with Gasteiger partial charge in [0.05, 0.1) is 52.3 Å². The predicted molar refractivity (Wildman–Crippen MR) is 209 cm³/mol. The fourth-order valence-corrected chi connectivity index (χ4v) is 8.80. The van der Waals surface area contributed by atoms with Gasteiger partial charge in [0.25, 0.3) is 0 Å². The van der Waals surface area contributed by atoms with Crippen molar-refractivity contribution in [2.75, 3.05) is 19.0 Å². The number of carbonyl (C=O) groups excluding carboxylic acids is 2. The van der Waals surface area contributed by atoms with Gasteiger partial charge in [-0.05, 0) is 60.7 Å². The molecule has 0 radical (unpaired) electrons. The van der Waals surface area contributed by atoms with Gasteiger partial charge < -0.3 is 20.5 Å². The maximum Gasteiger partial charge on any atom is 0.407 e. The van der Waals surface area contributed by atoms with Crippen molar-refractivity contribution in [3.8, 4) is 0 Å². The van der Waals surface area contributed by atoms with Crippen LogP contribution < -0.4 is 10.6 Å². The molecule has 6 aromatic rings. The van der Waals surface area contributed by atoms with E-state index in [0.717, 1.165) is 21.3 Å². The summed E-state index contributed by atoms with van der Waals surface area (Å²) in [5.74, 6) is -1.07. The molecule has 3 aromatic carbocycles. The van der Waals surface area contributed by atoms with E-state index in [1.165, 1.54) is 35.3 Å². The third-order valence-corrected chi connectivity index (χ3v) is 12.0. The normalized spacial score (nSPS) is 13.1. The number of fused-ring (bicyclic) bond motifs is 1. The summed E-state index contributed by atoms with van der Waals surface area (Å²) in [4.78, 5) is 44.2. The van der Waals surface area contributed by atoms with E-state index in [2.05, 4.69) is 30.6 Å². The van der Waals surface area contributed by atoms with Crippen LogP contribution in [-0.4, -0.2) is 76.3 Å². The SMILES string of the molecule is COC(=O)N[C@H](C(=O)Nc1cnccc1CCC(CO)N(Cc1cncnc1C)S(O)(O)c1ccc2ncsc2c1)C(c1ccccc1)c1ccccc1. The number of hydrogen-bond acceptors (Lipinski definition) is 12. The van der Waals surface area contributed by atoms with E-state index in [9.17, 15) is 23.8 Å². The Hall–Kier alpha value is -5.29. The molecule has 280 valence electrons. The Morgan fingerprint density at radius 3 is 2.31 bits per heavy atom. The average Bonchev–Trinajstić information content (AvgIpc) is 3.68. The van der Waals surface area contributed by atoms with Gasteiger partial charge in [-0.2, -0.15) is 4.31 Å². The zero-order valence-corrected chi connectivity index (χ0v) is 31.3. The zero-order chi connectivity index (χ0) is 38.1. The molecule has 54 heavy (non-hydrogen) atoms. The van der Waals surface area contributed by atoms with Gasteiger partial charge >= 0.3 is 6.09 Å². The Labute approximate surface area is 318 Å². The summed E-state index contributed by atoms with van der Waals surface area (Å²) in [6.07, 6.45) is 5.97. The molecule has 13 nitrogen and oxygen atoms in total. The minimum atomic E-state index is -3.66. The van der Waals surface area contributed by atoms with Crippen LogP contribution in [0.5, 0.6) is 0 Å². The van der Waals surface area contributed by atoms with Crippen molar-refractivity contribution >= 4 is 50.0 Å². The number of aryl methyl sites for hydroxylation is 2. The third kappa shape index (κ3) is 8.90. The standard InChI is InChI=1S/C39H41N7O6S2/c1-26-30(20-41-24-42-26)22-46(54(50,51)32-15-16-33-35(19-32)53-25-43-33)31(23-47)14-13-27-17-18-40-21-34(27)44-38(48)37(45-39(49)52-2)36(28-9-5-3-6-10-28)29-11-7-4-8-12-29/h3-12,15-21,24-25,31,36-37,47,50-51H,13-14,22-23H2,1-2H3,(H,44,48)(H,45,49)/t31?,37-/m0/s1. The number of ether oxygens (including phenoxy) is 1. The summed E-state index contributed by atoms with van der Waals surface area (Å²) in [5.41, 5.74) is 6.48. The van der Waals surface area contributed by atoms with Crippen LogP contribution in [0.2, 0.25) is 0 Å². The maximum absolute atomic E-state index is 14.3. The number of amides is 2. The number of methoxy groups -OCH3 is 1. The van der Waals surface area contributed by atoms with Gasteiger partial charge in [-0.25, -0.2) is 19.7 Å². The molecule has 0 aliphatic heterocycles. The summed E-state index contributed by atoms with van der Waals surface area (Å²) < 4.78 is 31.1. The molecule has 3 aromatic heterocycles. The Morgan fingerprint density at radius 2 is 1.65 bits per heavy atom. The van der Waals surface area contributed by atoms with Crippen LogP contribution in [0, 0.1) is 6.92 Å². The molecule has 2 atom stereocenters. The molecule has 15 heteroatoms. The fourth-order valence-electron chi connectivity index (χ4n) is 6.31. The van der Waals surface area contributed by atoms with Crippen molar-refractivity contribution in [2.24, 2.45) is 0 Å². The van der Waals surface area contributed by atoms with Gasteiger partial charge in [-0.15, -0.1) is 22.1 Å². The molecule has 3 heterocycles. The number of thiazole rings is 1. The van der Waals surface area contributed by atoms with E-state index in [1.807, 2.05) is 67.6 Å². The van der Waals surface area contributed by atoms with E-state index in [0.29, 0.717) is 33.8 Å². The number of carbonyl (C=O) groups is 2. The molecule has 0 saturated heterocycles. The Kier molecular flexibility index (Phi) is 12.6. The summed E-state index contributed by atoms with van der Waals surface area (Å²) in [6.45, 7) is 1.45. The van der Waals surface area contributed by atoms with Crippen LogP contribution in [0.3, 0.4) is 0 Å². The lowest BCUT2D eigenvalue weighted by molar-refractivity contribution is -0.118. The van der Waals surface area contributed by atoms with Crippen LogP contribution in [0.4, 0.5) is 10.5 Å². The summed E-state index contributed by atoms with van der Waals surface area (Å²) >= 11 is 1.39. The monoisotopic (exact) mass is 767 g/mol. The lowest BCUT2D eigenvalue weighted by Crippen LogP contribution is -2.48. The van der Waals surface area contributed by atoms with Crippen LogP contribution in [-0.2, 0) is 22.5 Å². The zero-order valence-electron chi connectivity index (χ0n) is 29.6. The number of aliphatic hydroxyl groups is 1. The van der Waals surface area contributed by atoms with Crippen molar-refractivity contribution in [2.45, 2.75) is 49.2 Å². The first-order valence-corrected chi connectivity index (χ1v) is 19.5. The number of anilines is 1. The molecule has 0 aliphatic carbocycles. The minimum absolute atomic E-state index is 0.0438. The molecular formula is C39H41N7O6S2. The molecule has 2 amide bonds. The highest BCUT2D eigenvalue weighted by Gasteiger charge is 2.35. The van der Waals surface area contributed by atoms with E-state index >= 15 is 0 Å². The lowest BCUT2D eigenvalue weighted by Gasteiger charge is -2.46. The number of nitrogens with one attached hydrogen (secondary N) is 2. The van der Waals surface area contributed by atoms with E-state index in [4.69, 9.17) is 4.74 Å². The van der Waals surface area contributed by atoms with E-state index < -0.39 is 47.4 Å². The molecule has 0 aliphatic rings.